The summed E-state index contributed by atoms with van der Waals surface area (Å²) in [4.78, 5) is 0. The first-order valence-corrected chi connectivity index (χ1v) is 6.85. The van der Waals surface area contributed by atoms with Crippen LogP contribution in [0.25, 0.3) is 0 Å². The van der Waals surface area contributed by atoms with Crippen LogP contribution in [0, 0.1) is 10.8 Å². The highest BCUT2D eigenvalue weighted by molar-refractivity contribution is 4.94. The van der Waals surface area contributed by atoms with Crippen molar-refractivity contribution >= 4 is 0 Å². The monoisotopic (exact) mass is 242 g/mol. The van der Waals surface area contributed by atoms with Gasteiger partial charge in [-0.3, -0.25) is 0 Å². The first-order chi connectivity index (χ1) is 7.77. The lowest BCUT2D eigenvalue weighted by Gasteiger charge is -2.44. The summed E-state index contributed by atoms with van der Waals surface area (Å²) in [5, 5.41) is 16.5. The predicted octanol–water partition coefficient (Wildman–Crippen LogP) is 1.76. The highest BCUT2D eigenvalue weighted by atomic mass is 16.3. The maximum atomic E-state index is 9.21. The normalized spacial score (nSPS) is 26.8. The van der Waals surface area contributed by atoms with E-state index in [-0.39, 0.29) is 17.4 Å². The van der Waals surface area contributed by atoms with Crippen molar-refractivity contribution in [1.29, 1.82) is 0 Å². The number of nitrogens with one attached hydrogen (secondary N) is 2. The third-order valence-corrected chi connectivity index (χ3v) is 4.00. The Kier molecular flexibility index (Phi) is 4.99. The zero-order valence-corrected chi connectivity index (χ0v) is 12.1. The smallest absolute Gasteiger partial charge is 0.0446 e. The molecule has 1 aliphatic rings. The molecule has 0 spiro atoms. The van der Waals surface area contributed by atoms with E-state index in [1.54, 1.807) is 0 Å². The van der Waals surface area contributed by atoms with Gasteiger partial charge in [0, 0.05) is 25.2 Å². The summed E-state index contributed by atoms with van der Waals surface area (Å²) in [5.41, 5.74) is 0.487. The molecule has 3 nitrogen and oxygen atoms in total. The van der Waals surface area contributed by atoms with Crippen molar-refractivity contribution in [3.8, 4) is 0 Å². The molecule has 17 heavy (non-hydrogen) atoms. The fraction of sp³-hybridized carbons (Fsp3) is 1.00. The molecule has 0 bridgehead atoms. The van der Waals surface area contributed by atoms with Gasteiger partial charge in [0.2, 0.25) is 0 Å². The van der Waals surface area contributed by atoms with Gasteiger partial charge in [-0.25, -0.2) is 0 Å². The number of rotatable bonds is 4. The second-order valence-corrected chi connectivity index (χ2v) is 7.10. The Labute approximate surface area is 106 Å². The van der Waals surface area contributed by atoms with Crippen molar-refractivity contribution in [2.45, 2.75) is 59.5 Å². The maximum Gasteiger partial charge on any atom is 0.0446 e. The van der Waals surface area contributed by atoms with Crippen molar-refractivity contribution in [1.82, 2.24) is 10.6 Å². The first kappa shape index (κ1) is 14.9. The molecule has 1 aliphatic heterocycles. The van der Waals surface area contributed by atoms with Gasteiger partial charge in [-0.2, -0.15) is 0 Å². The molecule has 3 heteroatoms. The van der Waals surface area contributed by atoms with Crippen LogP contribution in [0.1, 0.15) is 47.5 Å². The Hall–Kier alpha value is -0.120. The van der Waals surface area contributed by atoms with E-state index >= 15 is 0 Å². The minimum atomic E-state index is 0.198. The van der Waals surface area contributed by atoms with Crippen LogP contribution in [0.5, 0.6) is 0 Å². The molecule has 2 unspecified atom stereocenters. The van der Waals surface area contributed by atoms with Gasteiger partial charge in [0.05, 0.1) is 0 Å². The SMILES string of the molecule is CC(C)(C)C(CCO)NC1CCNCC1(C)C. The first-order valence-electron chi connectivity index (χ1n) is 6.85. The largest absolute Gasteiger partial charge is 0.396 e. The Morgan fingerprint density at radius 1 is 1.41 bits per heavy atom. The average Bonchev–Trinajstić information content (AvgIpc) is 2.18. The van der Waals surface area contributed by atoms with E-state index in [2.05, 4.69) is 45.3 Å². The van der Waals surface area contributed by atoms with Crippen LogP contribution in [0.3, 0.4) is 0 Å². The second kappa shape index (κ2) is 5.68. The average molecular weight is 242 g/mol. The maximum absolute atomic E-state index is 9.21. The van der Waals surface area contributed by atoms with Gasteiger partial charge < -0.3 is 15.7 Å². The summed E-state index contributed by atoms with van der Waals surface area (Å²) in [5.74, 6) is 0. The molecule has 1 fully saturated rings. The minimum absolute atomic E-state index is 0.198. The van der Waals surface area contributed by atoms with E-state index in [0.717, 1.165) is 19.5 Å². The molecule has 0 aromatic carbocycles. The predicted molar refractivity (Wildman–Crippen MR) is 73.1 cm³/mol. The van der Waals surface area contributed by atoms with Crippen LogP contribution in [-0.4, -0.2) is 36.9 Å². The summed E-state index contributed by atoms with van der Waals surface area (Å²) in [6.45, 7) is 13.8. The lowest BCUT2D eigenvalue weighted by atomic mass is 9.77. The molecule has 0 aliphatic carbocycles. The molecule has 0 aromatic heterocycles. The van der Waals surface area contributed by atoms with Crippen LogP contribution < -0.4 is 10.6 Å². The minimum Gasteiger partial charge on any atom is -0.396 e. The number of aliphatic hydroxyl groups excluding tert-OH is 1. The molecule has 1 heterocycles. The van der Waals surface area contributed by atoms with E-state index in [9.17, 15) is 5.11 Å². The highest BCUT2D eigenvalue weighted by Crippen LogP contribution is 2.29. The van der Waals surface area contributed by atoms with Crippen molar-refractivity contribution < 1.29 is 5.11 Å². The van der Waals surface area contributed by atoms with Crippen molar-refractivity contribution in [3.05, 3.63) is 0 Å². The molecule has 0 amide bonds. The molecule has 102 valence electrons. The Bertz CT molecular complexity index is 231. The molecule has 3 N–H and O–H groups in total. The standard InChI is InChI=1S/C14H30N2O/c1-13(2,3)11(7-9-17)16-12-6-8-15-10-14(12,4)5/h11-12,15-17H,6-10H2,1-5H3. The van der Waals surface area contributed by atoms with Crippen LogP contribution in [-0.2, 0) is 0 Å². The Balaban J connectivity index is 2.65. The summed E-state index contributed by atoms with van der Waals surface area (Å²) in [6.07, 6.45) is 2.01. The zero-order chi connectivity index (χ0) is 13.1. The van der Waals surface area contributed by atoms with E-state index < -0.39 is 0 Å². The molecule has 2 atom stereocenters. The summed E-state index contributed by atoms with van der Waals surface area (Å²) >= 11 is 0. The van der Waals surface area contributed by atoms with Crippen LogP contribution in [0.15, 0.2) is 0 Å². The highest BCUT2D eigenvalue weighted by Gasteiger charge is 2.35. The molecular formula is C14H30N2O. The van der Waals surface area contributed by atoms with Crippen molar-refractivity contribution in [2.24, 2.45) is 10.8 Å². The van der Waals surface area contributed by atoms with Crippen molar-refractivity contribution in [3.63, 3.8) is 0 Å². The van der Waals surface area contributed by atoms with Gasteiger partial charge in [-0.15, -0.1) is 0 Å². The van der Waals surface area contributed by atoms with E-state index in [0.29, 0.717) is 12.1 Å². The summed E-state index contributed by atoms with van der Waals surface area (Å²) < 4.78 is 0. The van der Waals surface area contributed by atoms with Crippen LogP contribution in [0.2, 0.25) is 0 Å². The third kappa shape index (κ3) is 4.23. The fourth-order valence-electron chi connectivity index (χ4n) is 2.62. The number of hydrogen-bond donors (Lipinski definition) is 3. The number of hydrogen-bond acceptors (Lipinski definition) is 3. The van der Waals surface area contributed by atoms with Gasteiger partial charge in [-0.1, -0.05) is 34.6 Å². The molecule has 0 saturated carbocycles. The summed E-state index contributed by atoms with van der Waals surface area (Å²) in [7, 11) is 0. The molecular weight excluding hydrogens is 212 g/mol. The van der Waals surface area contributed by atoms with E-state index in [1.807, 2.05) is 0 Å². The van der Waals surface area contributed by atoms with E-state index in [4.69, 9.17) is 0 Å². The van der Waals surface area contributed by atoms with Gasteiger partial charge in [-0.05, 0) is 30.2 Å². The molecule has 0 aromatic rings. The topological polar surface area (TPSA) is 44.3 Å². The van der Waals surface area contributed by atoms with Gasteiger partial charge in [0.15, 0.2) is 0 Å². The summed E-state index contributed by atoms with van der Waals surface area (Å²) in [6, 6.07) is 0.925. The lowest BCUT2D eigenvalue weighted by molar-refractivity contribution is 0.121. The van der Waals surface area contributed by atoms with Gasteiger partial charge in [0.25, 0.3) is 0 Å². The number of aliphatic hydroxyl groups is 1. The molecule has 1 saturated heterocycles. The quantitative estimate of drug-likeness (QED) is 0.704. The molecule has 1 rings (SSSR count). The fourth-order valence-corrected chi connectivity index (χ4v) is 2.62. The van der Waals surface area contributed by atoms with Gasteiger partial charge >= 0.3 is 0 Å². The Morgan fingerprint density at radius 3 is 2.53 bits per heavy atom. The zero-order valence-electron chi connectivity index (χ0n) is 12.1. The van der Waals surface area contributed by atoms with Crippen LogP contribution in [0.4, 0.5) is 0 Å². The van der Waals surface area contributed by atoms with Crippen molar-refractivity contribution in [2.75, 3.05) is 19.7 Å². The second-order valence-electron chi connectivity index (χ2n) is 7.10. The lowest BCUT2D eigenvalue weighted by Crippen LogP contribution is -2.57. The van der Waals surface area contributed by atoms with Crippen LogP contribution >= 0.6 is 0 Å². The molecule has 0 radical (unpaired) electrons. The van der Waals surface area contributed by atoms with Gasteiger partial charge in [0.1, 0.15) is 0 Å². The number of piperidine rings is 1. The van der Waals surface area contributed by atoms with E-state index in [1.165, 1.54) is 6.42 Å². The Morgan fingerprint density at radius 2 is 2.06 bits per heavy atom. The third-order valence-electron chi connectivity index (χ3n) is 4.00.